The molecule has 0 aromatic heterocycles. The Balaban J connectivity index is 0.000000376. The number of aliphatic hydroxyl groups excluding tert-OH is 3. The summed E-state index contributed by atoms with van der Waals surface area (Å²) in [6.07, 6.45) is 6.43. The van der Waals surface area contributed by atoms with Crippen molar-refractivity contribution in [1.29, 1.82) is 0 Å². The van der Waals surface area contributed by atoms with Crippen LogP contribution < -0.4 is 52.3 Å². The second kappa shape index (κ2) is 56.8. The molecule has 0 aromatic carbocycles. The molecule has 6 amide bonds. The molecule has 6 rings (SSSR count). The van der Waals surface area contributed by atoms with Crippen LogP contribution in [0.5, 0.6) is 0 Å². The van der Waals surface area contributed by atoms with Gasteiger partial charge in [0.25, 0.3) is 46.9 Å². The van der Waals surface area contributed by atoms with E-state index < -0.39 is 140 Å². The van der Waals surface area contributed by atoms with Crippen molar-refractivity contribution in [3.8, 4) is 0 Å². The number of hydrogen-bond acceptors (Lipinski definition) is 41. The van der Waals surface area contributed by atoms with Crippen LogP contribution in [0.25, 0.3) is 0 Å². The van der Waals surface area contributed by atoms with E-state index in [2.05, 4.69) is 26.2 Å². The predicted octanol–water partition coefficient (Wildman–Crippen LogP) is 0.183. The number of thioether (sulfide) groups is 1. The Morgan fingerprint density at radius 3 is 0.849 bits per heavy atom. The van der Waals surface area contributed by atoms with Crippen LogP contribution in [0, 0.1) is 0 Å². The molecule has 119 heavy (non-hydrogen) atoms. The first kappa shape index (κ1) is 110. The summed E-state index contributed by atoms with van der Waals surface area (Å²) in [4.78, 5) is 157. The first-order valence-corrected chi connectivity index (χ1v) is 52.9. The molecule has 43 nitrogen and oxygen atoms in total. The van der Waals surface area contributed by atoms with Crippen molar-refractivity contribution in [2.75, 3.05) is 156 Å². The third-order valence-corrected chi connectivity index (χ3v) is 29.1. The van der Waals surface area contributed by atoms with Crippen LogP contribution in [0.3, 0.4) is 0 Å². The van der Waals surface area contributed by atoms with Crippen molar-refractivity contribution in [3.63, 3.8) is 0 Å². The molecule has 9 unspecified atom stereocenters. The Bertz CT molecular complexity index is 3360. The molecule has 0 radical (unpaired) electrons. The summed E-state index contributed by atoms with van der Waals surface area (Å²) in [6, 6.07) is -4.18. The predicted molar refractivity (Wildman–Crippen MR) is 432 cm³/mol. The summed E-state index contributed by atoms with van der Waals surface area (Å²) in [6.45, 7) is -0.360. The maximum absolute atomic E-state index is 12.9. The van der Waals surface area contributed by atoms with Crippen molar-refractivity contribution < 1.29 is 155 Å². The highest BCUT2D eigenvalue weighted by Gasteiger charge is 2.44. The number of phosphoric acid groups is 6. The number of carbonyl (C=O) groups excluding carboxylic acids is 6. The fraction of sp³-hybridized carbons (Fsp3) is 0.909. The minimum Gasteiger partial charge on any atom is -0.756 e. The average Bonchev–Trinajstić information content (AvgIpc) is 1.68. The van der Waals surface area contributed by atoms with Crippen LogP contribution in [-0.2, 0) is 110 Å². The molecule has 6 aliphatic heterocycles. The van der Waals surface area contributed by atoms with E-state index in [4.69, 9.17) is 63.6 Å². The molecule has 6 fully saturated rings. The quantitative estimate of drug-likeness (QED) is 0.0174. The zero-order chi connectivity index (χ0) is 88.6. The lowest BCUT2D eigenvalue weighted by molar-refractivity contribution is -0.231. The maximum atomic E-state index is 12.9. The van der Waals surface area contributed by atoms with Gasteiger partial charge in [-0.2, -0.15) is 24.4 Å². The number of aliphatic hydroxyl groups is 3. The number of rotatable bonds is 56. The molecule has 53 heteroatoms. The molecule has 0 aliphatic carbocycles. The van der Waals surface area contributed by atoms with Gasteiger partial charge in [0.1, 0.15) is 0 Å². The van der Waals surface area contributed by atoms with Gasteiger partial charge in [0.05, 0.1) is 113 Å². The molecular weight excluding hydrogens is 1770 g/mol. The number of β-amino-alcohol motifs (C(OH)–C–C–N with tert-alkyl or cyclic N) is 3. The number of nitrogens with zero attached hydrogens (tertiary/aromatic N) is 6. The van der Waals surface area contributed by atoms with Crippen molar-refractivity contribution in [2.24, 2.45) is 22.9 Å². The standard InChI is InChI=1S/C23H46N4O11P2S2.C22H43N3O11P2S.C21H41N3O11P2S/c1-35-39(31,32)36-17-19-13-21(15-27(19)22(29)6-3-2-4-8-24)38-40(33,34)37-16-18-12-20(28)14-26(18)23(30)7-5-10-41-42-11-9-25;1-33-37(29,30)34-16-18-12-20(14-25(18)21(27)7-4-3-5-9-23)36-38(31,32)35-15-17-11-19(26)13-24(17)22(28)8-6-10-39-2;1-32-36(28,29)33-15-17-11-19(13-24(17)20(26)6-3-2-4-8-22)35-37(30,31)34-14-16-10-18(25)12-23(16)21(27)7-5-9-38/h18-21,28H,2-17,24-25H2,1H3,(H,31,32)(H,33,34);17-20,26H,3-16,23H2,1-2H3,(H,29,30)(H,31,32);16-19,25,38H,2-15,22H2,1H3,(H,28,29)(H,30,31)/p-6/t18-,19-,20+,21?;17-,18-,19+,20?;16-,17-,18+,19?/m000/s1. The molecule has 6 aliphatic rings. The van der Waals surface area contributed by atoms with Crippen LogP contribution >= 0.6 is 92.9 Å². The number of phosphoric ester groups is 6. The lowest BCUT2D eigenvalue weighted by Crippen LogP contribution is -2.39. The van der Waals surface area contributed by atoms with Gasteiger partial charge in [-0.1, -0.05) is 40.9 Å². The second-order valence-corrected chi connectivity index (χ2v) is 41.8. The van der Waals surface area contributed by atoms with Gasteiger partial charge in [-0.05, 0) is 134 Å². The monoisotopic (exact) mass is 1900 g/mol. The minimum absolute atomic E-state index is 0.00393. The third kappa shape index (κ3) is 42.6. The molecule has 0 saturated carbocycles. The third-order valence-electron chi connectivity index (χ3n) is 19.8. The molecule has 0 aromatic rings. The van der Waals surface area contributed by atoms with E-state index in [-0.39, 0.29) is 172 Å². The zero-order valence-electron chi connectivity index (χ0n) is 68.0. The topological polar surface area (TPSA) is 638 Å². The highest BCUT2D eigenvalue weighted by molar-refractivity contribution is 8.76. The fourth-order valence-corrected chi connectivity index (χ4v) is 20.6. The largest absolute Gasteiger partial charge is 0.756 e. The van der Waals surface area contributed by atoms with E-state index in [1.165, 1.54) is 29.4 Å². The normalized spacial score (nSPS) is 26.3. The van der Waals surface area contributed by atoms with Gasteiger partial charge < -0.3 is 151 Å². The van der Waals surface area contributed by atoms with Crippen molar-refractivity contribution >= 4 is 128 Å². The number of nitrogens with two attached hydrogens (primary N) is 4. The van der Waals surface area contributed by atoms with Crippen LogP contribution in [0.1, 0.15) is 154 Å². The number of hydrogen-bond donors (Lipinski definition) is 8. The van der Waals surface area contributed by atoms with Gasteiger partial charge in [0.15, 0.2) is 0 Å². The summed E-state index contributed by atoms with van der Waals surface area (Å²) in [5.74, 6) is 1.43. The SMILES string of the molecule is COP(=O)([O-])OC[C@@H]1CC(OP(=O)([O-])OC[C@@H]2C[C@@H](O)CN2C(=O)CCCS)CN1C(=O)CCCCCN.COP(=O)([O-])OC[C@@H]1CC(OP(=O)([O-])OC[C@@H]2C[C@@H](O)CN2C(=O)CCCSC)CN1C(=O)CCCCCN.COP(=O)([O-])OC[C@@H]1CC(OP(=O)([O-])OC[C@@H]2C[C@@H](O)CN2C(=O)CCCSSCCN)CN1C(=O)CCCCCN. The fourth-order valence-electron chi connectivity index (χ4n) is 13.9. The van der Waals surface area contributed by atoms with Gasteiger partial charge in [0, 0.05) is 117 Å². The summed E-state index contributed by atoms with van der Waals surface area (Å²) in [5, 5.41) is 30.1. The highest BCUT2D eigenvalue weighted by atomic mass is 33.1. The average molecular weight is 1900 g/mol. The number of unbranched alkanes of at least 4 members (excludes halogenated alkanes) is 6. The summed E-state index contributed by atoms with van der Waals surface area (Å²) >= 11 is 5.70. The Morgan fingerprint density at radius 1 is 0.345 bits per heavy atom. The van der Waals surface area contributed by atoms with Crippen LogP contribution in [0.15, 0.2) is 0 Å². The van der Waals surface area contributed by atoms with Crippen molar-refractivity contribution in [3.05, 3.63) is 0 Å². The Morgan fingerprint density at radius 2 is 0.588 bits per heavy atom. The number of likely N-dealkylation sites (tertiary alicyclic amines) is 6. The smallest absolute Gasteiger partial charge is 0.268 e. The van der Waals surface area contributed by atoms with E-state index in [1.807, 2.05) is 6.26 Å². The maximum Gasteiger partial charge on any atom is 0.268 e. The molecule has 18 atom stereocenters. The van der Waals surface area contributed by atoms with Gasteiger partial charge in [-0.15, -0.1) is 0 Å². The first-order chi connectivity index (χ1) is 56.2. The van der Waals surface area contributed by atoms with Crippen LogP contribution in [-0.4, -0.2) is 309 Å². The molecule has 0 spiro atoms. The van der Waals surface area contributed by atoms with Gasteiger partial charge in [0.2, 0.25) is 35.4 Å². The van der Waals surface area contributed by atoms with E-state index in [1.54, 1.807) is 33.3 Å². The lowest BCUT2D eigenvalue weighted by atomic mass is 10.1. The van der Waals surface area contributed by atoms with E-state index in [9.17, 15) is 101 Å². The number of amides is 6. The summed E-state index contributed by atoms with van der Waals surface area (Å²) in [7, 11) is -22.3. The van der Waals surface area contributed by atoms with E-state index >= 15 is 0 Å². The van der Waals surface area contributed by atoms with Gasteiger partial charge >= 0.3 is 0 Å². The molecule has 6 saturated heterocycles. The highest BCUT2D eigenvalue weighted by Crippen LogP contribution is 2.48. The molecule has 0 bridgehead atoms. The van der Waals surface area contributed by atoms with Crippen LogP contribution in [0.4, 0.5) is 0 Å². The van der Waals surface area contributed by atoms with E-state index in [0.717, 1.165) is 77.1 Å². The Hall–Kier alpha value is -1.40. The Labute approximate surface area is 714 Å². The molecule has 696 valence electrons. The second-order valence-electron chi connectivity index (χ2n) is 29.0. The van der Waals surface area contributed by atoms with Crippen molar-refractivity contribution in [2.45, 2.75) is 227 Å². The summed E-state index contributed by atoms with van der Waals surface area (Å²) < 4.78 is 131. The zero-order valence-corrected chi connectivity index (χ0v) is 76.7. The molecule has 11 N–H and O–H groups in total. The van der Waals surface area contributed by atoms with Gasteiger partial charge in [-0.25, -0.2) is 0 Å². The van der Waals surface area contributed by atoms with Crippen LogP contribution in [0.2, 0.25) is 0 Å². The van der Waals surface area contributed by atoms with Crippen molar-refractivity contribution in [1.82, 2.24) is 29.4 Å². The first-order valence-electron chi connectivity index (χ1n) is 39.6. The number of thiol groups is 1. The molecule has 6 heterocycles. The summed E-state index contributed by atoms with van der Waals surface area (Å²) in [5.41, 5.74) is 21.9. The number of carbonyl (C=O) groups is 6. The van der Waals surface area contributed by atoms with Gasteiger partial charge in [-0.3, -0.25) is 56.2 Å². The lowest BCUT2D eigenvalue weighted by Gasteiger charge is -2.30. The molecular formula is C66H124N10O33P6S4-6. The Kier molecular flexibility index (Phi) is 52.5. The minimum atomic E-state index is -4.90. The van der Waals surface area contributed by atoms with E-state index in [0.29, 0.717) is 70.5 Å².